The molecule has 1 aromatic heterocycles. The number of benzene rings is 3. The minimum absolute atomic E-state index is 0.0323. The first-order valence-electron chi connectivity index (χ1n) is 13.4. The lowest BCUT2D eigenvalue weighted by Gasteiger charge is -2.36. The summed E-state index contributed by atoms with van der Waals surface area (Å²) in [5.41, 5.74) is 4.56. The summed E-state index contributed by atoms with van der Waals surface area (Å²) in [5, 5.41) is 8.84. The molecule has 2 heterocycles. The van der Waals surface area contributed by atoms with Crippen molar-refractivity contribution < 1.29 is 9.59 Å². The van der Waals surface area contributed by atoms with Crippen LogP contribution >= 0.6 is 0 Å². The van der Waals surface area contributed by atoms with Gasteiger partial charge in [0.1, 0.15) is 6.54 Å². The average molecular weight is 520 g/mol. The van der Waals surface area contributed by atoms with Crippen molar-refractivity contribution >= 4 is 17.6 Å². The summed E-state index contributed by atoms with van der Waals surface area (Å²) in [6.45, 7) is 4.95. The Labute approximate surface area is 229 Å². The lowest BCUT2D eigenvalue weighted by Crippen LogP contribution is -2.52. The van der Waals surface area contributed by atoms with Crippen molar-refractivity contribution in [2.24, 2.45) is 0 Å². The van der Waals surface area contributed by atoms with E-state index in [1.54, 1.807) is 4.90 Å². The molecule has 4 aromatic rings. The Kier molecular flexibility index (Phi) is 8.26. The van der Waals surface area contributed by atoms with E-state index in [9.17, 15) is 9.59 Å². The summed E-state index contributed by atoms with van der Waals surface area (Å²) < 4.78 is 0. The van der Waals surface area contributed by atoms with Crippen molar-refractivity contribution in [1.29, 1.82) is 0 Å². The molecule has 39 heavy (non-hydrogen) atoms. The highest BCUT2D eigenvalue weighted by atomic mass is 16.2. The van der Waals surface area contributed by atoms with Crippen LogP contribution in [0, 0.1) is 6.92 Å². The SMILES string of the molecule is Cc1ccccc1C(=O)N(CCc1ccccc1)CC(=O)N1CCN(c2ccc(-c3ccccc3)nn2)CC1. The highest BCUT2D eigenvalue weighted by Gasteiger charge is 2.26. The van der Waals surface area contributed by atoms with Crippen LogP contribution in [0.15, 0.2) is 97.1 Å². The number of aryl methyl sites for hydroxylation is 1. The number of hydrogen-bond donors (Lipinski definition) is 0. The molecule has 198 valence electrons. The number of aromatic nitrogens is 2. The first-order chi connectivity index (χ1) is 19.1. The van der Waals surface area contributed by atoms with E-state index in [1.165, 1.54) is 0 Å². The number of piperazine rings is 1. The van der Waals surface area contributed by atoms with Crippen LogP contribution in [0.2, 0.25) is 0 Å². The van der Waals surface area contributed by atoms with E-state index < -0.39 is 0 Å². The van der Waals surface area contributed by atoms with Gasteiger partial charge in [-0.1, -0.05) is 78.9 Å². The van der Waals surface area contributed by atoms with Gasteiger partial charge in [-0.05, 0) is 42.7 Å². The van der Waals surface area contributed by atoms with E-state index in [2.05, 4.69) is 15.1 Å². The quantitative estimate of drug-likeness (QED) is 0.343. The van der Waals surface area contributed by atoms with Gasteiger partial charge in [0.2, 0.25) is 5.91 Å². The molecule has 0 aliphatic carbocycles. The van der Waals surface area contributed by atoms with Crippen LogP contribution in [-0.2, 0) is 11.2 Å². The van der Waals surface area contributed by atoms with Crippen LogP contribution in [0.1, 0.15) is 21.5 Å². The number of anilines is 1. The maximum atomic E-state index is 13.5. The minimum atomic E-state index is -0.107. The molecule has 0 bridgehead atoms. The Bertz CT molecular complexity index is 1390. The highest BCUT2D eigenvalue weighted by molar-refractivity contribution is 5.97. The van der Waals surface area contributed by atoms with Crippen molar-refractivity contribution in [3.63, 3.8) is 0 Å². The summed E-state index contributed by atoms with van der Waals surface area (Å²) in [6.07, 6.45) is 0.692. The monoisotopic (exact) mass is 519 g/mol. The summed E-state index contributed by atoms with van der Waals surface area (Å²) in [4.78, 5) is 32.6. The smallest absolute Gasteiger partial charge is 0.254 e. The van der Waals surface area contributed by atoms with E-state index in [-0.39, 0.29) is 18.4 Å². The number of carbonyl (C=O) groups is 2. The van der Waals surface area contributed by atoms with Crippen molar-refractivity contribution in [2.75, 3.05) is 44.2 Å². The molecule has 0 N–H and O–H groups in total. The molecule has 1 aliphatic rings. The van der Waals surface area contributed by atoms with Crippen LogP contribution < -0.4 is 4.90 Å². The van der Waals surface area contributed by atoms with E-state index in [0.717, 1.165) is 28.2 Å². The first-order valence-corrected chi connectivity index (χ1v) is 13.4. The third-order valence-corrected chi connectivity index (χ3v) is 7.18. The van der Waals surface area contributed by atoms with Crippen molar-refractivity contribution in [3.8, 4) is 11.3 Å². The number of hydrogen-bond acceptors (Lipinski definition) is 5. The Morgan fingerprint density at radius 3 is 2.10 bits per heavy atom. The van der Waals surface area contributed by atoms with Gasteiger partial charge in [0.25, 0.3) is 5.91 Å². The van der Waals surface area contributed by atoms with Crippen LogP contribution in [-0.4, -0.2) is 71.1 Å². The van der Waals surface area contributed by atoms with Gasteiger partial charge in [0.15, 0.2) is 5.82 Å². The fourth-order valence-corrected chi connectivity index (χ4v) is 4.85. The minimum Gasteiger partial charge on any atom is -0.352 e. The molecule has 1 aliphatic heterocycles. The highest BCUT2D eigenvalue weighted by Crippen LogP contribution is 2.19. The van der Waals surface area contributed by atoms with Gasteiger partial charge in [-0.3, -0.25) is 9.59 Å². The topological polar surface area (TPSA) is 69.6 Å². The second-order valence-electron chi connectivity index (χ2n) is 9.79. The zero-order chi connectivity index (χ0) is 27.0. The van der Waals surface area contributed by atoms with Crippen LogP contribution in [0.25, 0.3) is 11.3 Å². The van der Waals surface area contributed by atoms with Crippen LogP contribution in [0.3, 0.4) is 0 Å². The fourth-order valence-electron chi connectivity index (χ4n) is 4.85. The third-order valence-electron chi connectivity index (χ3n) is 7.18. The molecule has 1 fully saturated rings. The molecular formula is C32H33N5O2. The van der Waals surface area contributed by atoms with Gasteiger partial charge < -0.3 is 14.7 Å². The predicted octanol–water partition coefficient (Wildman–Crippen LogP) is 4.49. The Morgan fingerprint density at radius 2 is 1.44 bits per heavy atom. The van der Waals surface area contributed by atoms with Crippen molar-refractivity contribution in [2.45, 2.75) is 13.3 Å². The summed E-state index contributed by atoms with van der Waals surface area (Å²) in [7, 11) is 0. The largest absolute Gasteiger partial charge is 0.352 e. The molecule has 0 radical (unpaired) electrons. The molecule has 2 amide bonds. The number of rotatable bonds is 8. The van der Waals surface area contributed by atoms with Crippen LogP contribution in [0.4, 0.5) is 5.82 Å². The summed E-state index contributed by atoms with van der Waals surface area (Å²) in [6, 6.07) is 31.6. The standard InChI is InChI=1S/C32H33N5O2/c1-25-10-8-9-15-28(25)32(39)37(19-18-26-11-4-2-5-12-26)24-31(38)36-22-20-35(21-23-36)30-17-16-29(33-34-30)27-13-6-3-7-14-27/h2-17H,18-24H2,1H3. The van der Waals surface area contributed by atoms with Gasteiger partial charge in [-0.25, -0.2) is 0 Å². The second kappa shape index (κ2) is 12.3. The molecule has 0 spiro atoms. The maximum Gasteiger partial charge on any atom is 0.254 e. The third kappa shape index (κ3) is 6.49. The second-order valence-corrected chi connectivity index (χ2v) is 9.79. The van der Waals surface area contributed by atoms with E-state index in [0.29, 0.717) is 44.7 Å². The molecule has 0 atom stereocenters. The number of carbonyl (C=O) groups excluding carboxylic acids is 2. The fraction of sp³-hybridized carbons (Fsp3) is 0.250. The lowest BCUT2D eigenvalue weighted by molar-refractivity contribution is -0.132. The van der Waals surface area contributed by atoms with Gasteiger partial charge in [0, 0.05) is 43.9 Å². The first kappa shape index (κ1) is 26.1. The zero-order valence-corrected chi connectivity index (χ0v) is 22.2. The van der Waals surface area contributed by atoms with Gasteiger partial charge >= 0.3 is 0 Å². The van der Waals surface area contributed by atoms with Crippen LogP contribution in [0.5, 0.6) is 0 Å². The van der Waals surface area contributed by atoms with Crippen molar-refractivity contribution in [1.82, 2.24) is 20.0 Å². The number of nitrogens with zero attached hydrogens (tertiary/aromatic N) is 5. The van der Waals surface area contributed by atoms with Gasteiger partial charge in [0.05, 0.1) is 5.69 Å². The molecule has 3 aromatic carbocycles. The average Bonchev–Trinajstić information content (AvgIpc) is 3.00. The molecule has 7 nitrogen and oxygen atoms in total. The van der Waals surface area contributed by atoms with Gasteiger partial charge in [-0.15, -0.1) is 10.2 Å². The molecule has 5 rings (SSSR count). The predicted molar refractivity (Wildman–Crippen MR) is 153 cm³/mol. The summed E-state index contributed by atoms with van der Waals surface area (Å²) >= 11 is 0. The van der Waals surface area contributed by atoms with E-state index >= 15 is 0 Å². The molecule has 0 unspecified atom stereocenters. The molecular weight excluding hydrogens is 486 g/mol. The van der Waals surface area contributed by atoms with Crippen molar-refractivity contribution in [3.05, 3.63) is 114 Å². The summed E-state index contributed by atoms with van der Waals surface area (Å²) in [5.74, 6) is 0.668. The molecule has 7 heteroatoms. The normalized spacial score (nSPS) is 13.3. The Morgan fingerprint density at radius 1 is 0.769 bits per heavy atom. The number of amides is 2. The van der Waals surface area contributed by atoms with Gasteiger partial charge in [-0.2, -0.15) is 0 Å². The molecule has 0 saturated carbocycles. The van der Waals surface area contributed by atoms with E-state index in [1.807, 2.05) is 109 Å². The van der Waals surface area contributed by atoms with E-state index in [4.69, 9.17) is 0 Å². The maximum absolute atomic E-state index is 13.5. The lowest BCUT2D eigenvalue weighted by atomic mass is 10.1. The Balaban J connectivity index is 1.21. The molecule has 1 saturated heterocycles. The zero-order valence-electron chi connectivity index (χ0n) is 22.2. The Hall–Kier alpha value is -4.52.